The van der Waals surface area contributed by atoms with Crippen LogP contribution in [0.5, 0.6) is 11.5 Å². The van der Waals surface area contributed by atoms with Gasteiger partial charge in [-0.1, -0.05) is 59.3 Å². The number of rotatable bonds is 11. The van der Waals surface area contributed by atoms with Crippen molar-refractivity contribution in [2.24, 2.45) is 4.99 Å². The van der Waals surface area contributed by atoms with Crippen LogP contribution in [0.2, 0.25) is 5.02 Å². The minimum Gasteiger partial charge on any atom is -0.490 e. The van der Waals surface area contributed by atoms with Crippen molar-refractivity contribution in [3.8, 4) is 11.5 Å². The summed E-state index contributed by atoms with van der Waals surface area (Å²) < 4.78 is 25.9. The molecule has 0 bridgehead atoms. The van der Waals surface area contributed by atoms with E-state index in [2.05, 4.69) is 10.6 Å². The van der Waals surface area contributed by atoms with Crippen molar-refractivity contribution in [1.82, 2.24) is 9.13 Å². The van der Waals surface area contributed by atoms with Crippen molar-refractivity contribution in [2.75, 3.05) is 26.9 Å². The lowest BCUT2D eigenvalue weighted by Crippen LogP contribution is -2.40. The van der Waals surface area contributed by atoms with Crippen LogP contribution >= 0.6 is 22.9 Å². The van der Waals surface area contributed by atoms with Gasteiger partial charge in [0.1, 0.15) is 0 Å². The third-order valence-electron chi connectivity index (χ3n) is 8.46. The number of carbonyl (C=O) groups is 2. The van der Waals surface area contributed by atoms with Crippen LogP contribution < -0.4 is 24.4 Å². The Hall–Kier alpha value is -5.13. The first kappa shape index (κ1) is 34.7. The molecule has 12 heteroatoms. The van der Waals surface area contributed by atoms with Crippen LogP contribution in [0.3, 0.4) is 0 Å². The summed E-state index contributed by atoms with van der Waals surface area (Å²) in [5.41, 5.74) is 4.95. The smallest absolute Gasteiger partial charge is 0.343 e. The second kappa shape index (κ2) is 14.8. The molecule has 10 nitrogen and oxygen atoms in total. The Bertz CT molecular complexity index is 2340. The van der Waals surface area contributed by atoms with Gasteiger partial charge < -0.3 is 23.5 Å². The number of fused-ring (bicyclic) bond motifs is 2. The average Bonchev–Trinajstić information content (AvgIpc) is 3.55. The van der Waals surface area contributed by atoms with Crippen molar-refractivity contribution in [2.45, 2.75) is 40.3 Å². The van der Waals surface area contributed by atoms with Gasteiger partial charge in [0.05, 0.1) is 42.2 Å². The molecule has 3 heterocycles. The van der Waals surface area contributed by atoms with Crippen LogP contribution in [0.15, 0.2) is 87.8 Å². The lowest BCUT2D eigenvalue weighted by Gasteiger charge is -2.25. The molecule has 1 aliphatic heterocycles. The summed E-state index contributed by atoms with van der Waals surface area (Å²) in [7, 11) is 1.28. The minimum absolute atomic E-state index is 0.149. The van der Waals surface area contributed by atoms with Gasteiger partial charge in [-0.05, 0) is 75.2 Å². The number of nitrogens with zero attached hydrogens (tertiary/aromatic N) is 3. The molecule has 0 saturated carbocycles. The van der Waals surface area contributed by atoms with Gasteiger partial charge in [-0.2, -0.15) is 0 Å². The predicted octanol–water partition coefficient (Wildman–Crippen LogP) is 5.71. The van der Waals surface area contributed by atoms with Crippen LogP contribution in [0.1, 0.15) is 49.2 Å². The number of hydrogen-bond acceptors (Lipinski definition) is 9. The summed E-state index contributed by atoms with van der Waals surface area (Å²) in [5, 5.41) is 1.67. The molecule has 0 N–H and O–H groups in total. The molecule has 50 heavy (non-hydrogen) atoms. The fraction of sp³-hybridized carbons (Fsp3) is 0.263. The largest absolute Gasteiger partial charge is 0.490 e. The standard InChI is InChI=1S/C38H36ClN3O7S/c1-6-47-31-18-25(15-16-30(31)49-21-33(43)46-5)35-34(37(45)48-7-2)22(3)40-38-42(35)36(44)32(50-38)19-28-23(4)41(29-14-9-8-13-27(28)29)20-24-11-10-12-26(39)17-24/h8-19,35H,6-7,20-21H2,1-5H3/b32-19+/t35-/m1/s1. The Morgan fingerprint density at radius 2 is 1.78 bits per heavy atom. The van der Waals surface area contributed by atoms with Crippen molar-refractivity contribution >= 4 is 51.9 Å². The summed E-state index contributed by atoms with van der Waals surface area (Å²) >= 11 is 7.56. The second-order valence-corrected chi connectivity index (χ2v) is 13.0. The molecule has 1 aliphatic rings. The lowest BCUT2D eigenvalue weighted by atomic mass is 9.95. The first-order valence-corrected chi connectivity index (χ1v) is 17.3. The SMILES string of the molecule is CCOC(=O)C1=C(C)N=c2s/c(=C/c3c(C)n(Cc4cccc(Cl)c4)c4ccccc34)c(=O)n2[C@@H]1c1ccc(OCC(=O)OC)c(OCC)c1. The Morgan fingerprint density at radius 1 is 0.980 bits per heavy atom. The van der Waals surface area contributed by atoms with Crippen LogP contribution in [-0.2, 0) is 25.6 Å². The number of para-hydroxylation sites is 1. The van der Waals surface area contributed by atoms with E-state index in [4.69, 9.17) is 35.5 Å². The highest BCUT2D eigenvalue weighted by atomic mass is 35.5. The number of halogens is 1. The van der Waals surface area contributed by atoms with Gasteiger partial charge in [-0.3, -0.25) is 9.36 Å². The van der Waals surface area contributed by atoms with Crippen molar-refractivity contribution in [1.29, 1.82) is 0 Å². The molecule has 0 saturated heterocycles. The van der Waals surface area contributed by atoms with Crippen molar-refractivity contribution in [3.05, 3.63) is 125 Å². The van der Waals surface area contributed by atoms with Gasteiger partial charge in [0.25, 0.3) is 5.56 Å². The van der Waals surface area contributed by atoms with E-state index in [-0.39, 0.29) is 24.3 Å². The van der Waals surface area contributed by atoms with E-state index in [9.17, 15) is 14.4 Å². The first-order chi connectivity index (χ1) is 24.1. The fourth-order valence-corrected chi connectivity index (χ4v) is 7.42. The van der Waals surface area contributed by atoms with E-state index in [0.717, 1.165) is 27.7 Å². The molecule has 0 radical (unpaired) electrons. The molecule has 3 aromatic carbocycles. The molecule has 0 aliphatic carbocycles. The maximum absolute atomic E-state index is 14.5. The summed E-state index contributed by atoms with van der Waals surface area (Å²) in [6.45, 7) is 8.07. The lowest BCUT2D eigenvalue weighted by molar-refractivity contribution is -0.143. The van der Waals surface area contributed by atoms with E-state index in [1.165, 1.54) is 23.0 Å². The third-order valence-corrected chi connectivity index (χ3v) is 9.68. The van der Waals surface area contributed by atoms with Gasteiger partial charge in [-0.25, -0.2) is 14.6 Å². The quantitative estimate of drug-likeness (QED) is 0.161. The second-order valence-electron chi connectivity index (χ2n) is 11.5. The number of allylic oxidation sites excluding steroid dienone is 1. The van der Waals surface area contributed by atoms with Crippen LogP contribution in [0, 0.1) is 6.92 Å². The summed E-state index contributed by atoms with van der Waals surface area (Å²) in [6, 6.07) is 20.1. The number of thiazole rings is 1. The molecular weight excluding hydrogens is 678 g/mol. The zero-order valence-electron chi connectivity index (χ0n) is 28.3. The zero-order valence-corrected chi connectivity index (χ0v) is 29.9. The molecular formula is C38H36ClN3O7S. The Balaban J connectivity index is 1.51. The summed E-state index contributed by atoms with van der Waals surface area (Å²) in [4.78, 5) is 44.9. The molecule has 6 rings (SSSR count). The number of carbonyl (C=O) groups excluding carboxylic acids is 2. The number of aromatic nitrogens is 2. The average molecular weight is 714 g/mol. The van der Waals surface area contributed by atoms with Gasteiger partial charge >= 0.3 is 11.9 Å². The van der Waals surface area contributed by atoms with Gasteiger partial charge in [0.2, 0.25) is 0 Å². The van der Waals surface area contributed by atoms with Gasteiger partial charge in [0, 0.05) is 33.7 Å². The number of methoxy groups -OCH3 is 1. The van der Waals surface area contributed by atoms with E-state index in [0.29, 0.717) is 50.3 Å². The van der Waals surface area contributed by atoms with Crippen LogP contribution in [-0.4, -0.2) is 48.0 Å². The fourth-order valence-electron chi connectivity index (χ4n) is 6.18. The van der Waals surface area contributed by atoms with Gasteiger partial charge in [0.15, 0.2) is 22.9 Å². The number of benzene rings is 3. The number of hydrogen-bond donors (Lipinski definition) is 0. The summed E-state index contributed by atoms with van der Waals surface area (Å²) in [6.07, 6.45) is 1.91. The monoisotopic (exact) mass is 713 g/mol. The molecule has 0 spiro atoms. The maximum Gasteiger partial charge on any atom is 0.343 e. The van der Waals surface area contributed by atoms with Crippen molar-refractivity contribution in [3.63, 3.8) is 0 Å². The van der Waals surface area contributed by atoms with E-state index >= 15 is 0 Å². The molecule has 1 atom stereocenters. The molecule has 0 amide bonds. The third kappa shape index (κ3) is 6.71. The van der Waals surface area contributed by atoms with Crippen LogP contribution in [0.25, 0.3) is 17.0 Å². The first-order valence-electron chi connectivity index (χ1n) is 16.1. The zero-order chi connectivity index (χ0) is 35.5. The number of esters is 2. The van der Waals surface area contributed by atoms with Crippen molar-refractivity contribution < 1.29 is 28.5 Å². The highest BCUT2D eigenvalue weighted by molar-refractivity contribution is 7.07. The van der Waals surface area contributed by atoms with E-state index < -0.39 is 18.0 Å². The molecule has 2 aromatic heterocycles. The summed E-state index contributed by atoms with van der Waals surface area (Å²) in [5.74, 6) is -0.458. The normalized spacial score (nSPS) is 14.4. The maximum atomic E-state index is 14.5. The van der Waals surface area contributed by atoms with E-state index in [1.54, 1.807) is 32.0 Å². The highest BCUT2D eigenvalue weighted by Gasteiger charge is 2.34. The van der Waals surface area contributed by atoms with E-state index in [1.807, 2.05) is 62.4 Å². The highest BCUT2D eigenvalue weighted by Crippen LogP contribution is 2.36. The topological polar surface area (TPSA) is 110 Å². The van der Waals surface area contributed by atoms with Gasteiger partial charge in [-0.15, -0.1) is 0 Å². The Morgan fingerprint density at radius 3 is 2.52 bits per heavy atom. The number of ether oxygens (including phenoxy) is 4. The Labute approximate surface area is 297 Å². The van der Waals surface area contributed by atoms with Crippen LogP contribution in [0.4, 0.5) is 0 Å². The molecule has 0 fully saturated rings. The molecule has 5 aromatic rings. The minimum atomic E-state index is -0.869. The molecule has 258 valence electrons. The molecule has 0 unspecified atom stereocenters. The Kier molecular flexibility index (Phi) is 10.3. The predicted molar refractivity (Wildman–Crippen MR) is 193 cm³/mol.